The zero-order chi connectivity index (χ0) is 20.6. The molecule has 2 N–H and O–H groups in total. The number of anilines is 2. The smallest absolute Gasteiger partial charge is 0.191 e. The van der Waals surface area contributed by atoms with Crippen LogP contribution in [0.4, 0.5) is 15.9 Å². The summed E-state index contributed by atoms with van der Waals surface area (Å²) >= 11 is 0. The number of halogens is 2. The zero-order valence-electron chi connectivity index (χ0n) is 17.9. The summed E-state index contributed by atoms with van der Waals surface area (Å²) in [5.74, 6) is 0.954. The Morgan fingerprint density at radius 3 is 2.70 bits per heavy atom. The molecule has 1 aromatic heterocycles. The average molecular weight is 526 g/mol. The Bertz CT molecular complexity index is 812. The predicted octanol–water partition coefficient (Wildman–Crippen LogP) is 3.28. The molecule has 6 nitrogen and oxygen atoms in total. The van der Waals surface area contributed by atoms with E-state index in [2.05, 4.69) is 49.8 Å². The number of nitrogens with one attached hydrogen (secondary N) is 2. The van der Waals surface area contributed by atoms with Gasteiger partial charge in [0.05, 0.1) is 0 Å². The summed E-state index contributed by atoms with van der Waals surface area (Å²) in [6.45, 7) is 2.35. The fourth-order valence-corrected chi connectivity index (χ4v) is 3.53. The van der Waals surface area contributed by atoms with Crippen LogP contribution in [0.5, 0.6) is 0 Å². The molecule has 2 heterocycles. The predicted molar refractivity (Wildman–Crippen MR) is 134 cm³/mol. The molecule has 0 amide bonds. The maximum absolute atomic E-state index is 13.9. The van der Waals surface area contributed by atoms with E-state index in [1.54, 1.807) is 19.3 Å². The first-order valence-corrected chi connectivity index (χ1v) is 10.2. The molecule has 0 radical (unpaired) electrons. The molecule has 1 fully saturated rings. The van der Waals surface area contributed by atoms with Gasteiger partial charge in [0.25, 0.3) is 0 Å². The third-order valence-electron chi connectivity index (χ3n) is 5.18. The third kappa shape index (κ3) is 6.72. The fraction of sp³-hybridized carbons (Fsp3) is 0.455. The monoisotopic (exact) mass is 526 g/mol. The van der Waals surface area contributed by atoms with Crippen LogP contribution < -0.4 is 20.4 Å². The van der Waals surface area contributed by atoms with E-state index in [-0.39, 0.29) is 35.8 Å². The molecular formula is C22H32FIN6. The van der Waals surface area contributed by atoms with E-state index in [0.717, 1.165) is 38.3 Å². The molecule has 1 aromatic carbocycles. The third-order valence-corrected chi connectivity index (χ3v) is 5.18. The lowest BCUT2D eigenvalue weighted by atomic mass is 10.1. The first-order chi connectivity index (χ1) is 14.1. The lowest BCUT2D eigenvalue weighted by Crippen LogP contribution is -2.45. The van der Waals surface area contributed by atoms with Crippen LogP contribution in [0.25, 0.3) is 0 Å². The summed E-state index contributed by atoms with van der Waals surface area (Å²) in [5.41, 5.74) is 2.55. The molecule has 1 atom stereocenters. The minimum absolute atomic E-state index is 0. The normalized spacial score (nSPS) is 16.2. The summed E-state index contributed by atoms with van der Waals surface area (Å²) in [6, 6.07) is 12.0. The van der Waals surface area contributed by atoms with Crippen LogP contribution in [0, 0.1) is 5.82 Å². The quantitative estimate of drug-likeness (QED) is 0.251. The van der Waals surface area contributed by atoms with E-state index in [1.807, 2.05) is 19.0 Å². The van der Waals surface area contributed by atoms with Gasteiger partial charge in [-0.1, -0.05) is 12.1 Å². The summed E-state index contributed by atoms with van der Waals surface area (Å²) in [5, 5.41) is 6.83. The zero-order valence-corrected chi connectivity index (χ0v) is 20.3. The first-order valence-electron chi connectivity index (χ1n) is 10.2. The van der Waals surface area contributed by atoms with Gasteiger partial charge in [-0.3, -0.25) is 4.99 Å². The van der Waals surface area contributed by atoms with Gasteiger partial charge >= 0.3 is 0 Å². The van der Waals surface area contributed by atoms with Crippen molar-refractivity contribution in [1.82, 2.24) is 15.6 Å². The van der Waals surface area contributed by atoms with Gasteiger partial charge in [-0.15, -0.1) is 24.0 Å². The number of hydrogen-bond acceptors (Lipinski definition) is 4. The second kappa shape index (κ2) is 11.9. The van der Waals surface area contributed by atoms with Gasteiger partial charge in [0.2, 0.25) is 0 Å². The van der Waals surface area contributed by atoms with Gasteiger partial charge in [-0.25, -0.2) is 9.37 Å². The van der Waals surface area contributed by atoms with E-state index in [4.69, 9.17) is 0 Å². The molecule has 3 rings (SSSR count). The van der Waals surface area contributed by atoms with Gasteiger partial charge in [0.15, 0.2) is 17.6 Å². The van der Waals surface area contributed by atoms with E-state index in [1.165, 1.54) is 17.3 Å². The molecule has 0 bridgehead atoms. The molecule has 1 unspecified atom stereocenters. The molecule has 30 heavy (non-hydrogen) atoms. The van der Waals surface area contributed by atoms with E-state index in [9.17, 15) is 4.39 Å². The van der Waals surface area contributed by atoms with Crippen molar-refractivity contribution in [2.24, 2.45) is 4.99 Å². The van der Waals surface area contributed by atoms with Crippen LogP contribution in [-0.2, 0) is 6.42 Å². The molecule has 1 saturated heterocycles. The highest BCUT2D eigenvalue weighted by molar-refractivity contribution is 14.0. The number of benzene rings is 1. The van der Waals surface area contributed by atoms with Crippen molar-refractivity contribution in [2.75, 3.05) is 50.6 Å². The lowest BCUT2D eigenvalue weighted by molar-refractivity contribution is 0.612. The number of aromatic nitrogens is 1. The van der Waals surface area contributed by atoms with Gasteiger partial charge in [0.1, 0.15) is 0 Å². The van der Waals surface area contributed by atoms with Crippen LogP contribution in [-0.4, -0.2) is 57.8 Å². The molecule has 1 aliphatic rings. The standard InChI is InChI=1S/C22H31FN6.HI/c1-24-22(26-14-4-6-17-8-10-19(11-9-17)28(2)3)27-18-12-15-29(16-18)21-20(23)7-5-13-25-21;/h5,7-11,13,18H,4,6,12,14-16H2,1-3H3,(H2,24,26,27);1H. The summed E-state index contributed by atoms with van der Waals surface area (Å²) in [7, 11) is 5.88. The summed E-state index contributed by atoms with van der Waals surface area (Å²) in [4.78, 5) is 12.6. The van der Waals surface area contributed by atoms with Crippen molar-refractivity contribution in [2.45, 2.75) is 25.3 Å². The molecule has 164 valence electrons. The number of guanidine groups is 1. The molecule has 0 spiro atoms. The molecular weight excluding hydrogens is 494 g/mol. The van der Waals surface area contributed by atoms with Crippen LogP contribution in [0.3, 0.4) is 0 Å². The van der Waals surface area contributed by atoms with Crippen molar-refractivity contribution < 1.29 is 4.39 Å². The second-order valence-corrected chi connectivity index (χ2v) is 7.55. The highest BCUT2D eigenvalue weighted by Gasteiger charge is 2.25. The van der Waals surface area contributed by atoms with Crippen molar-refractivity contribution in [3.05, 3.63) is 54.0 Å². The van der Waals surface area contributed by atoms with Crippen LogP contribution in [0.1, 0.15) is 18.4 Å². The van der Waals surface area contributed by atoms with Crippen LogP contribution in [0.15, 0.2) is 47.6 Å². The van der Waals surface area contributed by atoms with Crippen LogP contribution in [0.2, 0.25) is 0 Å². The molecule has 1 aliphatic heterocycles. The summed E-state index contributed by atoms with van der Waals surface area (Å²) in [6.07, 6.45) is 4.61. The van der Waals surface area contributed by atoms with Gasteiger partial charge in [-0.2, -0.15) is 0 Å². The SMILES string of the molecule is CN=C(NCCCc1ccc(N(C)C)cc1)NC1CCN(c2ncccc2F)C1.I. The topological polar surface area (TPSA) is 55.8 Å². The maximum atomic E-state index is 13.9. The Hall–Kier alpha value is -2.10. The summed E-state index contributed by atoms with van der Waals surface area (Å²) < 4.78 is 13.9. The number of nitrogens with zero attached hydrogens (tertiary/aromatic N) is 4. The Morgan fingerprint density at radius 1 is 1.27 bits per heavy atom. The van der Waals surface area contributed by atoms with Crippen molar-refractivity contribution in [3.8, 4) is 0 Å². The Kier molecular flexibility index (Phi) is 9.61. The number of aryl methyl sites for hydroxylation is 1. The molecule has 2 aromatic rings. The average Bonchev–Trinajstić information content (AvgIpc) is 3.19. The molecule has 0 saturated carbocycles. The minimum Gasteiger partial charge on any atom is -0.378 e. The number of rotatable bonds is 7. The largest absolute Gasteiger partial charge is 0.378 e. The Morgan fingerprint density at radius 2 is 2.03 bits per heavy atom. The van der Waals surface area contributed by atoms with E-state index >= 15 is 0 Å². The molecule has 0 aliphatic carbocycles. The first kappa shape index (κ1) is 24.2. The number of pyridine rings is 1. The van der Waals surface area contributed by atoms with E-state index in [0.29, 0.717) is 12.4 Å². The Balaban J connectivity index is 0.00000320. The van der Waals surface area contributed by atoms with E-state index < -0.39 is 0 Å². The van der Waals surface area contributed by atoms with Gasteiger partial charge in [-0.05, 0) is 49.1 Å². The Labute approximate surface area is 196 Å². The minimum atomic E-state index is -0.269. The maximum Gasteiger partial charge on any atom is 0.191 e. The lowest BCUT2D eigenvalue weighted by Gasteiger charge is -2.20. The highest BCUT2D eigenvalue weighted by atomic mass is 127. The number of hydrogen-bond donors (Lipinski definition) is 2. The van der Waals surface area contributed by atoms with Crippen molar-refractivity contribution >= 4 is 41.4 Å². The van der Waals surface area contributed by atoms with Gasteiger partial charge in [0, 0.05) is 58.7 Å². The second-order valence-electron chi connectivity index (χ2n) is 7.55. The van der Waals surface area contributed by atoms with Gasteiger partial charge < -0.3 is 20.4 Å². The molecule has 8 heteroatoms. The van der Waals surface area contributed by atoms with Crippen molar-refractivity contribution in [3.63, 3.8) is 0 Å². The fourth-order valence-electron chi connectivity index (χ4n) is 3.53. The number of aliphatic imine (C=N–C) groups is 1. The van der Waals surface area contributed by atoms with Crippen LogP contribution >= 0.6 is 24.0 Å². The highest BCUT2D eigenvalue weighted by Crippen LogP contribution is 2.20. The van der Waals surface area contributed by atoms with Crippen molar-refractivity contribution in [1.29, 1.82) is 0 Å².